The van der Waals surface area contributed by atoms with E-state index in [0.717, 1.165) is 32.1 Å². The van der Waals surface area contributed by atoms with Crippen LogP contribution in [0.2, 0.25) is 0 Å². The van der Waals surface area contributed by atoms with E-state index in [1.54, 1.807) is 0 Å². The van der Waals surface area contributed by atoms with Crippen LogP contribution in [-0.4, -0.2) is 170 Å². The van der Waals surface area contributed by atoms with E-state index >= 15 is 0 Å². The quantitative estimate of drug-likeness (QED) is 0.0931. The molecule has 18 heteroatoms. The molecule has 1 amide bonds. The van der Waals surface area contributed by atoms with Crippen LogP contribution in [-0.2, 0) is 42.7 Å². The Morgan fingerprint density at radius 3 is 2.21 bits per heavy atom. The molecular weight excluding hydrogens is 875 g/mol. The maximum absolute atomic E-state index is 13.8. The van der Waals surface area contributed by atoms with Gasteiger partial charge in [-0.05, 0) is 91.3 Å². The minimum absolute atomic E-state index is 0.0782. The van der Waals surface area contributed by atoms with Gasteiger partial charge in [-0.15, -0.1) is 0 Å². The summed E-state index contributed by atoms with van der Waals surface area (Å²) in [6, 6.07) is -1.16. The van der Waals surface area contributed by atoms with Crippen molar-refractivity contribution in [1.29, 1.82) is 0 Å². The van der Waals surface area contributed by atoms with Crippen LogP contribution in [0.3, 0.4) is 0 Å². The molecule has 4 heterocycles. The van der Waals surface area contributed by atoms with Crippen molar-refractivity contribution in [2.24, 2.45) is 50.2 Å². The zero-order valence-electron chi connectivity index (χ0n) is 40.4. The highest BCUT2D eigenvalue weighted by molar-refractivity contribution is 5.82. The summed E-state index contributed by atoms with van der Waals surface area (Å²) in [5.41, 5.74) is -0.837. The monoisotopic (exact) mass is 952 g/mol. The van der Waals surface area contributed by atoms with Gasteiger partial charge in [-0.25, -0.2) is 0 Å². The average Bonchev–Trinajstić information content (AvgIpc) is 3.58. The summed E-state index contributed by atoms with van der Waals surface area (Å²) in [6.45, 7) is 18.0. The summed E-state index contributed by atoms with van der Waals surface area (Å²) < 4.78 is 42.5. The lowest BCUT2D eigenvalue weighted by atomic mass is 9.33. The molecule has 9 aliphatic rings. The molecule has 5 aliphatic carbocycles. The molecular formula is C49H77NO17. The number of allylic oxidation sites excluding steroid dienone is 2. The second kappa shape index (κ2) is 17.1. The van der Waals surface area contributed by atoms with Crippen LogP contribution in [0.15, 0.2) is 11.6 Å². The third-order valence-electron chi connectivity index (χ3n) is 19.7. The highest BCUT2D eigenvalue weighted by Gasteiger charge is 2.74. The van der Waals surface area contributed by atoms with E-state index in [4.69, 9.17) is 33.2 Å². The molecule has 4 saturated carbocycles. The summed E-state index contributed by atoms with van der Waals surface area (Å²) in [5.74, 6) is -0.325. The van der Waals surface area contributed by atoms with Crippen molar-refractivity contribution in [3.05, 3.63) is 11.6 Å². The summed E-state index contributed by atoms with van der Waals surface area (Å²) >= 11 is 0. The molecule has 67 heavy (non-hydrogen) atoms. The second-order valence-electron chi connectivity index (χ2n) is 24.0. The summed E-state index contributed by atoms with van der Waals surface area (Å²) in [4.78, 5) is 26.3. The van der Waals surface area contributed by atoms with Crippen LogP contribution < -0.4 is 5.32 Å². The van der Waals surface area contributed by atoms with E-state index in [0.29, 0.717) is 19.3 Å². The Morgan fingerprint density at radius 2 is 1.51 bits per heavy atom. The third kappa shape index (κ3) is 7.54. The first-order chi connectivity index (χ1) is 31.2. The van der Waals surface area contributed by atoms with Crippen LogP contribution in [0, 0.1) is 50.2 Å². The molecule has 18 nitrogen and oxygen atoms in total. The van der Waals surface area contributed by atoms with Crippen molar-refractivity contribution in [3.8, 4) is 0 Å². The molecule has 4 saturated heterocycles. The zero-order chi connectivity index (χ0) is 48.7. The number of hydrogen-bond donors (Lipinski definition) is 9. The number of nitrogens with one attached hydrogen (secondary N) is 1. The van der Waals surface area contributed by atoms with Crippen molar-refractivity contribution < 1.29 is 83.6 Å². The van der Waals surface area contributed by atoms with Crippen molar-refractivity contribution in [1.82, 2.24) is 5.32 Å². The zero-order valence-corrected chi connectivity index (χ0v) is 40.4. The smallest absolute Gasteiger partial charge is 0.315 e. The first kappa shape index (κ1) is 50.1. The van der Waals surface area contributed by atoms with Crippen LogP contribution in [0.25, 0.3) is 0 Å². The standard InChI is InChI=1S/C49H77NO17/c1-21-33(54)37(58)39(67-41-38(59)34(55)25(52)19-61-41)42(63-21)62-20-26-35(56)36(57)32(50-22(2)51)40(64-26)65-30-13-14-46(7)27(45(30,5)6)12-15-47(8)28(46)11-10-23-24-16-44(3,4)31-18-49(24,43(60)66-31)29(53)17-48(23,47)9/h10,21,24-42,52-59H,11-20H2,1-9H3,(H,50,51)/t21-,24+,25-,26-,27+,28-,29-,30+,31+,32-,33+,34+,35-,36-,37+,38-,39-,40+,41+,42-,46+,47-,48-,49-/m1/s1. The molecule has 1 spiro atoms. The molecule has 24 atom stereocenters. The van der Waals surface area contributed by atoms with Crippen molar-refractivity contribution >= 4 is 11.9 Å². The van der Waals surface area contributed by atoms with Crippen LogP contribution >= 0.6 is 0 Å². The van der Waals surface area contributed by atoms with E-state index in [-0.39, 0.29) is 58.1 Å². The first-order valence-electron chi connectivity index (χ1n) is 24.7. The normalized spacial score (nSPS) is 54.3. The molecule has 4 aliphatic heterocycles. The summed E-state index contributed by atoms with van der Waals surface area (Å²) in [6.07, 6.45) is -11.8. The molecule has 0 aromatic carbocycles. The van der Waals surface area contributed by atoms with Gasteiger partial charge in [0.15, 0.2) is 18.9 Å². The fourth-order valence-electron chi connectivity index (χ4n) is 15.6. The van der Waals surface area contributed by atoms with E-state index in [1.807, 2.05) is 0 Å². The van der Waals surface area contributed by atoms with Crippen LogP contribution in [0.1, 0.15) is 114 Å². The molecule has 2 bridgehead atoms. The SMILES string of the molecule is CC(=O)N[C@H]1[C@H](O[C@H]2CC[C@]3(C)[C@H]4CC=C5[C@@H]6CC(C)(C)[C@@H]7C[C@]6(C(=O)O7)[C@H](O)C[C@@]5(C)[C@]4(C)CC[C@H]3C2(C)C)O[C@H](CO[C@@H]2O[C@H](C)[C@H](O)[C@H](O)[C@H]2O[C@@H]2OC[C@@H](O)[C@H](O)[C@H]2O)[C@@H](O)[C@@H]1O. The molecule has 9 rings (SSSR count). The van der Waals surface area contributed by atoms with Gasteiger partial charge in [0, 0.05) is 18.8 Å². The minimum Gasteiger partial charge on any atom is -0.461 e. The number of ether oxygens (including phenoxy) is 7. The fourth-order valence-corrected chi connectivity index (χ4v) is 15.6. The summed E-state index contributed by atoms with van der Waals surface area (Å²) in [7, 11) is 0. The highest BCUT2D eigenvalue weighted by atomic mass is 16.8. The molecule has 0 aromatic heterocycles. The molecule has 9 N–H and O–H groups in total. The predicted molar refractivity (Wildman–Crippen MR) is 234 cm³/mol. The first-order valence-corrected chi connectivity index (χ1v) is 24.7. The van der Waals surface area contributed by atoms with Crippen LogP contribution in [0.4, 0.5) is 0 Å². The maximum atomic E-state index is 13.8. The van der Waals surface area contributed by atoms with Gasteiger partial charge in [-0.1, -0.05) is 60.1 Å². The maximum Gasteiger partial charge on any atom is 0.315 e. The Kier molecular flexibility index (Phi) is 12.8. The molecule has 8 fully saturated rings. The largest absolute Gasteiger partial charge is 0.461 e. The van der Waals surface area contributed by atoms with Gasteiger partial charge in [-0.3, -0.25) is 9.59 Å². The fraction of sp³-hybridized carbons (Fsp3) is 0.918. The number of hydrogen-bond acceptors (Lipinski definition) is 17. The van der Waals surface area contributed by atoms with Gasteiger partial charge in [-0.2, -0.15) is 0 Å². The lowest BCUT2D eigenvalue weighted by molar-refractivity contribution is -0.361. The summed E-state index contributed by atoms with van der Waals surface area (Å²) in [5, 5.41) is 90.5. The van der Waals surface area contributed by atoms with E-state index < -0.39 is 122 Å². The van der Waals surface area contributed by atoms with Gasteiger partial charge in [0.2, 0.25) is 5.91 Å². The Balaban J connectivity index is 0.930. The number of carbonyl (C=O) groups excluding carboxylic acids is 2. The van der Waals surface area contributed by atoms with Crippen LogP contribution in [0.5, 0.6) is 0 Å². The van der Waals surface area contributed by atoms with Gasteiger partial charge in [0.05, 0.1) is 31.5 Å². The lowest BCUT2D eigenvalue weighted by Crippen LogP contribution is -2.68. The minimum atomic E-state index is -1.71. The number of aliphatic hydroxyl groups is 8. The van der Waals surface area contributed by atoms with E-state index in [9.17, 15) is 50.4 Å². The van der Waals surface area contributed by atoms with Gasteiger partial charge < -0.3 is 79.3 Å². The second-order valence-corrected chi connectivity index (χ2v) is 24.0. The number of fused-ring (bicyclic) bond motifs is 7. The number of aliphatic hydroxyl groups excluding tert-OH is 8. The number of amides is 1. The molecule has 380 valence electrons. The average molecular weight is 952 g/mol. The number of carbonyl (C=O) groups is 2. The highest BCUT2D eigenvalue weighted by Crippen LogP contribution is 2.76. The number of esters is 1. The molecule has 0 radical (unpaired) electrons. The Labute approximate surface area is 393 Å². The predicted octanol–water partition coefficient (Wildman–Crippen LogP) is 0.938. The third-order valence-corrected chi connectivity index (χ3v) is 19.7. The van der Waals surface area contributed by atoms with Crippen molar-refractivity contribution in [2.45, 2.75) is 218 Å². The Bertz CT molecular complexity index is 1930. The lowest BCUT2D eigenvalue weighted by Gasteiger charge is -2.71. The molecule has 0 unspecified atom stereocenters. The van der Waals surface area contributed by atoms with Crippen molar-refractivity contribution in [3.63, 3.8) is 0 Å². The Morgan fingerprint density at radius 1 is 0.791 bits per heavy atom. The molecule has 0 aromatic rings. The van der Waals surface area contributed by atoms with Gasteiger partial charge in [0.1, 0.15) is 72.5 Å². The van der Waals surface area contributed by atoms with E-state index in [2.05, 4.69) is 59.9 Å². The van der Waals surface area contributed by atoms with E-state index in [1.165, 1.54) is 19.4 Å². The van der Waals surface area contributed by atoms with Gasteiger partial charge in [0.25, 0.3) is 0 Å². The van der Waals surface area contributed by atoms with Gasteiger partial charge >= 0.3 is 5.97 Å². The Hall–Kier alpha value is -1.88. The topological polar surface area (TPSA) is 273 Å². The van der Waals surface area contributed by atoms with Crippen molar-refractivity contribution in [2.75, 3.05) is 13.2 Å². The number of rotatable bonds is 8.